The van der Waals surface area contributed by atoms with Crippen molar-refractivity contribution in [2.75, 3.05) is 11.9 Å². The minimum absolute atomic E-state index is 0.148. The number of rotatable bonds is 4. The van der Waals surface area contributed by atoms with E-state index in [4.69, 9.17) is 0 Å². The van der Waals surface area contributed by atoms with Crippen LogP contribution in [0.25, 0.3) is 0 Å². The van der Waals surface area contributed by atoms with Crippen LogP contribution in [0.15, 0.2) is 48.5 Å². The van der Waals surface area contributed by atoms with Crippen LogP contribution < -0.4 is 10.6 Å². The molecule has 0 aromatic heterocycles. The number of carbonyl (C=O) groups is 2. The first-order valence-corrected chi connectivity index (χ1v) is 6.45. The van der Waals surface area contributed by atoms with Gasteiger partial charge >= 0.3 is 0 Å². The third-order valence-electron chi connectivity index (χ3n) is 2.93. The SMILES string of the molecule is Cc1ccccc1C(=O)NCC(=O)Nc1ccc(F)cc1. The second-order valence-electron chi connectivity index (χ2n) is 4.55. The number of amides is 2. The highest BCUT2D eigenvalue weighted by molar-refractivity contribution is 6.00. The molecule has 0 fully saturated rings. The first-order valence-electron chi connectivity index (χ1n) is 6.45. The van der Waals surface area contributed by atoms with E-state index in [1.807, 2.05) is 19.1 Å². The van der Waals surface area contributed by atoms with E-state index in [2.05, 4.69) is 10.6 Å². The van der Waals surface area contributed by atoms with E-state index in [1.54, 1.807) is 12.1 Å². The van der Waals surface area contributed by atoms with E-state index in [1.165, 1.54) is 24.3 Å². The minimum Gasteiger partial charge on any atom is -0.343 e. The van der Waals surface area contributed by atoms with E-state index >= 15 is 0 Å². The van der Waals surface area contributed by atoms with Gasteiger partial charge in [-0.25, -0.2) is 4.39 Å². The van der Waals surface area contributed by atoms with E-state index in [0.29, 0.717) is 11.3 Å². The molecule has 0 unspecified atom stereocenters. The van der Waals surface area contributed by atoms with Gasteiger partial charge in [-0.15, -0.1) is 0 Å². The summed E-state index contributed by atoms with van der Waals surface area (Å²) in [5.41, 5.74) is 1.85. The summed E-state index contributed by atoms with van der Waals surface area (Å²) in [5.74, 6) is -1.05. The van der Waals surface area contributed by atoms with Gasteiger partial charge in [-0.05, 0) is 42.8 Å². The Morgan fingerprint density at radius 3 is 2.38 bits per heavy atom. The Kier molecular flexibility index (Phi) is 4.66. The molecular formula is C16H15FN2O2. The number of halogens is 1. The Morgan fingerprint density at radius 2 is 1.71 bits per heavy atom. The van der Waals surface area contributed by atoms with Crippen LogP contribution in [0.3, 0.4) is 0 Å². The number of hydrogen-bond acceptors (Lipinski definition) is 2. The molecule has 4 nitrogen and oxygen atoms in total. The number of anilines is 1. The molecule has 0 spiro atoms. The Balaban J connectivity index is 1.88. The summed E-state index contributed by atoms with van der Waals surface area (Å²) in [6.07, 6.45) is 0. The van der Waals surface area contributed by atoms with Gasteiger partial charge in [0, 0.05) is 11.3 Å². The van der Waals surface area contributed by atoms with Crippen LogP contribution in [-0.2, 0) is 4.79 Å². The van der Waals surface area contributed by atoms with E-state index in [9.17, 15) is 14.0 Å². The number of hydrogen-bond donors (Lipinski definition) is 2. The largest absolute Gasteiger partial charge is 0.343 e. The molecular weight excluding hydrogens is 271 g/mol. The lowest BCUT2D eigenvalue weighted by atomic mass is 10.1. The average Bonchev–Trinajstić information content (AvgIpc) is 2.48. The molecule has 5 heteroatoms. The molecule has 0 aliphatic heterocycles. The molecule has 0 atom stereocenters. The molecule has 0 saturated heterocycles. The second kappa shape index (κ2) is 6.65. The molecule has 0 radical (unpaired) electrons. The second-order valence-corrected chi connectivity index (χ2v) is 4.55. The van der Waals surface area contributed by atoms with Crippen molar-refractivity contribution in [3.8, 4) is 0 Å². The molecule has 2 N–H and O–H groups in total. The monoisotopic (exact) mass is 286 g/mol. The van der Waals surface area contributed by atoms with Gasteiger partial charge in [0.05, 0.1) is 6.54 Å². The fourth-order valence-corrected chi connectivity index (χ4v) is 1.82. The Morgan fingerprint density at radius 1 is 1.05 bits per heavy atom. The Labute approximate surface area is 122 Å². The van der Waals surface area contributed by atoms with Crippen LogP contribution in [0.4, 0.5) is 10.1 Å². The molecule has 2 aromatic carbocycles. The van der Waals surface area contributed by atoms with Crippen LogP contribution in [0, 0.1) is 12.7 Å². The van der Waals surface area contributed by atoms with Gasteiger partial charge in [-0.2, -0.15) is 0 Å². The summed E-state index contributed by atoms with van der Waals surface area (Å²) in [5, 5.41) is 5.12. The van der Waals surface area contributed by atoms with Gasteiger partial charge in [-0.3, -0.25) is 9.59 Å². The Hall–Kier alpha value is -2.69. The highest BCUT2D eigenvalue weighted by Crippen LogP contribution is 2.08. The zero-order valence-corrected chi connectivity index (χ0v) is 11.5. The van der Waals surface area contributed by atoms with Crippen LogP contribution in [0.5, 0.6) is 0 Å². The third-order valence-corrected chi connectivity index (χ3v) is 2.93. The Bertz CT molecular complexity index is 654. The first kappa shape index (κ1) is 14.7. The topological polar surface area (TPSA) is 58.2 Å². The zero-order chi connectivity index (χ0) is 15.2. The average molecular weight is 286 g/mol. The maximum Gasteiger partial charge on any atom is 0.251 e. The van der Waals surface area contributed by atoms with Crippen LogP contribution >= 0.6 is 0 Å². The predicted molar refractivity (Wildman–Crippen MR) is 78.5 cm³/mol. The lowest BCUT2D eigenvalue weighted by Crippen LogP contribution is -2.33. The fraction of sp³-hybridized carbons (Fsp3) is 0.125. The summed E-state index contributed by atoms with van der Waals surface area (Å²) < 4.78 is 12.7. The smallest absolute Gasteiger partial charge is 0.251 e. The van der Waals surface area contributed by atoms with E-state index < -0.39 is 0 Å². The summed E-state index contributed by atoms with van der Waals surface area (Å²) in [7, 11) is 0. The number of nitrogens with one attached hydrogen (secondary N) is 2. The normalized spacial score (nSPS) is 10.0. The first-order chi connectivity index (χ1) is 10.1. The van der Waals surface area contributed by atoms with Crippen molar-refractivity contribution in [2.24, 2.45) is 0 Å². The van der Waals surface area contributed by atoms with Gasteiger partial charge in [0.2, 0.25) is 5.91 Å². The van der Waals surface area contributed by atoms with Crippen molar-refractivity contribution >= 4 is 17.5 Å². The minimum atomic E-state index is -0.374. The lowest BCUT2D eigenvalue weighted by Gasteiger charge is -2.08. The molecule has 0 aliphatic rings. The van der Waals surface area contributed by atoms with Crippen molar-refractivity contribution in [2.45, 2.75) is 6.92 Å². The maximum absolute atomic E-state index is 12.7. The summed E-state index contributed by atoms with van der Waals surface area (Å²) >= 11 is 0. The van der Waals surface area contributed by atoms with Crippen LogP contribution in [0.1, 0.15) is 15.9 Å². The van der Waals surface area contributed by atoms with E-state index in [0.717, 1.165) is 5.56 Å². The molecule has 0 aliphatic carbocycles. The van der Waals surface area contributed by atoms with E-state index in [-0.39, 0.29) is 24.2 Å². The number of aryl methyl sites for hydroxylation is 1. The van der Waals surface area contributed by atoms with Gasteiger partial charge in [0.25, 0.3) is 5.91 Å². The molecule has 2 aromatic rings. The van der Waals surface area contributed by atoms with Crippen molar-refractivity contribution in [3.05, 3.63) is 65.5 Å². The number of carbonyl (C=O) groups excluding carboxylic acids is 2. The van der Waals surface area contributed by atoms with Gasteiger partial charge in [0.1, 0.15) is 5.82 Å². The third kappa shape index (κ3) is 4.14. The van der Waals surface area contributed by atoms with Crippen LogP contribution in [0.2, 0.25) is 0 Å². The molecule has 0 bridgehead atoms. The van der Waals surface area contributed by atoms with Gasteiger partial charge < -0.3 is 10.6 Å². The zero-order valence-electron chi connectivity index (χ0n) is 11.5. The highest BCUT2D eigenvalue weighted by atomic mass is 19.1. The summed E-state index contributed by atoms with van der Waals surface area (Å²) in [4.78, 5) is 23.6. The van der Waals surface area contributed by atoms with Gasteiger partial charge in [0.15, 0.2) is 0 Å². The molecule has 108 valence electrons. The van der Waals surface area contributed by atoms with Gasteiger partial charge in [-0.1, -0.05) is 18.2 Å². The molecule has 21 heavy (non-hydrogen) atoms. The number of benzene rings is 2. The lowest BCUT2D eigenvalue weighted by molar-refractivity contribution is -0.115. The predicted octanol–water partition coefficient (Wildman–Crippen LogP) is 2.50. The maximum atomic E-state index is 12.7. The fourth-order valence-electron chi connectivity index (χ4n) is 1.82. The summed E-state index contributed by atoms with van der Waals surface area (Å²) in [6, 6.07) is 12.5. The van der Waals surface area contributed by atoms with Crippen molar-refractivity contribution in [1.29, 1.82) is 0 Å². The van der Waals surface area contributed by atoms with Crippen molar-refractivity contribution in [1.82, 2.24) is 5.32 Å². The molecule has 2 rings (SSSR count). The standard InChI is InChI=1S/C16H15FN2O2/c1-11-4-2-3-5-14(11)16(21)18-10-15(20)19-13-8-6-12(17)7-9-13/h2-9H,10H2,1H3,(H,18,21)(H,19,20). The molecule has 2 amide bonds. The van der Waals surface area contributed by atoms with Crippen molar-refractivity contribution < 1.29 is 14.0 Å². The quantitative estimate of drug-likeness (QED) is 0.907. The van der Waals surface area contributed by atoms with Crippen molar-refractivity contribution in [3.63, 3.8) is 0 Å². The molecule has 0 saturated carbocycles. The summed E-state index contributed by atoms with van der Waals surface area (Å²) in [6.45, 7) is 1.68. The van der Waals surface area contributed by atoms with Crippen LogP contribution in [-0.4, -0.2) is 18.4 Å². The molecule has 0 heterocycles. The highest BCUT2D eigenvalue weighted by Gasteiger charge is 2.10.